The number of aliphatic hydroxyl groups is 1. The number of hydrogen-bond acceptors (Lipinski definition) is 4. The van der Waals surface area contributed by atoms with E-state index in [1.54, 1.807) is 18.2 Å². The molecule has 0 bridgehead atoms. The molecule has 1 aromatic carbocycles. The first kappa shape index (κ1) is 14.7. The van der Waals surface area contributed by atoms with Crippen molar-refractivity contribution >= 4 is 11.6 Å². The van der Waals surface area contributed by atoms with Gasteiger partial charge in [-0.15, -0.1) is 0 Å². The molecule has 2 unspecified atom stereocenters. The van der Waals surface area contributed by atoms with Gasteiger partial charge in [-0.05, 0) is 36.8 Å². The van der Waals surface area contributed by atoms with Gasteiger partial charge in [-0.25, -0.2) is 0 Å². The number of nitrogens with one attached hydrogen (secondary N) is 1. The highest BCUT2D eigenvalue weighted by Gasteiger charge is 2.27. The van der Waals surface area contributed by atoms with E-state index >= 15 is 0 Å². The third-order valence-corrected chi connectivity index (χ3v) is 4.05. The van der Waals surface area contributed by atoms with Crippen LogP contribution in [0.15, 0.2) is 18.2 Å². The van der Waals surface area contributed by atoms with Crippen molar-refractivity contribution in [2.45, 2.75) is 19.3 Å². The molecule has 2 atom stereocenters. The van der Waals surface area contributed by atoms with Crippen molar-refractivity contribution in [2.75, 3.05) is 26.0 Å². The van der Waals surface area contributed by atoms with E-state index < -0.39 is 0 Å². The molecule has 0 aromatic heterocycles. The van der Waals surface area contributed by atoms with Gasteiger partial charge in [0.25, 0.3) is 5.91 Å². The quantitative estimate of drug-likeness (QED) is 0.711. The number of carbonyl (C=O) groups excluding carboxylic acids is 1. The highest BCUT2D eigenvalue weighted by molar-refractivity contribution is 5.97. The topological polar surface area (TPSA) is 84.6 Å². The molecule has 5 heteroatoms. The van der Waals surface area contributed by atoms with Gasteiger partial charge in [-0.3, -0.25) is 4.79 Å². The van der Waals surface area contributed by atoms with Gasteiger partial charge in [-0.2, -0.15) is 0 Å². The van der Waals surface area contributed by atoms with Gasteiger partial charge in [0.2, 0.25) is 0 Å². The van der Waals surface area contributed by atoms with Gasteiger partial charge in [0.15, 0.2) is 0 Å². The molecular formula is C15H22N2O3. The van der Waals surface area contributed by atoms with Crippen LogP contribution in [0.3, 0.4) is 0 Å². The van der Waals surface area contributed by atoms with Crippen LogP contribution >= 0.6 is 0 Å². The van der Waals surface area contributed by atoms with E-state index in [1.165, 1.54) is 7.11 Å². The van der Waals surface area contributed by atoms with Gasteiger partial charge in [0, 0.05) is 24.9 Å². The van der Waals surface area contributed by atoms with Crippen LogP contribution in [-0.2, 0) is 0 Å². The van der Waals surface area contributed by atoms with Crippen LogP contribution in [0.2, 0.25) is 0 Å². The van der Waals surface area contributed by atoms with Crippen LogP contribution in [0.4, 0.5) is 5.69 Å². The molecule has 0 heterocycles. The first-order valence-electron chi connectivity index (χ1n) is 6.98. The monoisotopic (exact) mass is 278 g/mol. The second kappa shape index (κ2) is 6.61. The Hall–Kier alpha value is -1.75. The Bertz CT molecular complexity index is 476. The lowest BCUT2D eigenvalue weighted by atomic mass is 9.97. The lowest BCUT2D eigenvalue weighted by Gasteiger charge is -2.18. The van der Waals surface area contributed by atoms with Crippen LogP contribution in [0.5, 0.6) is 5.75 Å². The molecule has 1 saturated carbocycles. The van der Waals surface area contributed by atoms with Crippen LogP contribution < -0.4 is 15.8 Å². The number of amides is 1. The zero-order valence-electron chi connectivity index (χ0n) is 11.8. The summed E-state index contributed by atoms with van der Waals surface area (Å²) >= 11 is 0. The molecule has 1 amide bonds. The van der Waals surface area contributed by atoms with Gasteiger partial charge in [0.1, 0.15) is 5.75 Å². The average molecular weight is 278 g/mol. The fraction of sp³-hybridized carbons (Fsp3) is 0.533. The molecule has 1 aliphatic carbocycles. The fourth-order valence-corrected chi connectivity index (χ4v) is 2.84. The normalized spacial score (nSPS) is 21.7. The zero-order chi connectivity index (χ0) is 14.5. The van der Waals surface area contributed by atoms with E-state index in [9.17, 15) is 9.90 Å². The molecule has 20 heavy (non-hydrogen) atoms. The Morgan fingerprint density at radius 1 is 1.45 bits per heavy atom. The molecule has 1 aliphatic rings. The van der Waals surface area contributed by atoms with Crippen LogP contribution in [-0.4, -0.2) is 31.3 Å². The van der Waals surface area contributed by atoms with Crippen molar-refractivity contribution in [3.05, 3.63) is 23.8 Å². The number of anilines is 1. The summed E-state index contributed by atoms with van der Waals surface area (Å²) in [6.45, 7) is 0.795. The maximum absolute atomic E-state index is 12.2. The Balaban J connectivity index is 1.98. The Kier molecular flexibility index (Phi) is 4.84. The summed E-state index contributed by atoms with van der Waals surface area (Å²) in [6, 6.07) is 4.99. The predicted octanol–water partition coefficient (Wildman–Crippen LogP) is 1.42. The van der Waals surface area contributed by atoms with Crippen LogP contribution in [0.1, 0.15) is 29.6 Å². The molecule has 5 nitrogen and oxygen atoms in total. The second-order valence-electron chi connectivity index (χ2n) is 5.30. The third kappa shape index (κ3) is 3.22. The number of ether oxygens (including phenoxy) is 1. The molecule has 4 N–H and O–H groups in total. The van der Waals surface area contributed by atoms with E-state index in [-0.39, 0.29) is 12.5 Å². The summed E-state index contributed by atoms with van der Waals surface area (Å²) in [4.78, 5) is 12.2. The van der Waals surface area contributed by atoms with Crippen molar-refractivity contribution in [3.63, 3.8) is 0 Å². The number of carbonyl (C=O) groups is 1. The molecule has 110 valence electrons. The SMILES string of the molecule is COc1cc(N)ccc1C(=O)NCC1CCCC1CO. The largest absolute Gasteiger partial charge is 0.496 e. The van der Waals surface area contributed by atoms with Crippen molar-refractivity contribution in [3.8, 4) is 5.75 Å². The van der Waals surface area contributed by atoms with Gasteiger partial charge in [-0.1, -0.05) is 6.42 Å². The number of aliphatic hydroxyl groups excluding tert-OH is 1. The molecule has 0 radical (unpaired) electrons. The molecule has 0 aliphatic heterocycles. The number of hydrogen-bond donors (Lipinski definition) is 3. The molecule has 0 saturated heterocycles. The van der Waals surface area contributed by atoms with E-state index in [0.29, 0.717) is 35.4 Å². The minimum Gasteiger partial charge on any atom is -0.496 e. The first-order valence-corrected chi connectivity index (χ1v) is 6.98. The van der Waals surface area contributed by atoms with E-state index in [2.05, 4.69) is 5.32 Å². The highest BCUT2D eigenvalue weighted by Crippen LogP contribution is 2.30. The van der Waals surface area contributed by atoms with Gasteiger partial charge < -0.3 is 20.9 Å². The van der Waals surface area contributed by atoms with Crippen LogP contribution in [0, 0.1) is 11.8 Å². The van der Waals surface area contributed by atoms with Crippen molar-refractivity contribution in [1.29, 1.82) is 0 Å². The minimum absolute atomic E-state index is 0.162. The van der Waals surface area contributed by atoms with Crippen LogP contribution in [0.25, 0.3) is 0 Å². The van der Waals surface area contributed by atoms with E-state index in [1.807, 2.05) is 0 Å². The number of nitrogens with two attached hydrogens (primary N) is 1. The van der Waals surface area contributed by atoms with Crippen molar-refractivity contribution in [1.82, 2.24) is 5.32 Å². The molecule has 1 aromatic rings. The lowest BCUT2D eigenvalue weighted by Crippen LogP contribution is -2.31. The highest BCUT2D eigenvalue weighted by atomic mass is 16.5. The Morgan fingerprint density at radius 2 is 2.20 bits per heavy atom. The second-order valence-corrected chi connectivity index (χ2v) is 5.30. The number of nitrogen functional groups attached to an aromatic ring is 1. The third-order valence-electron chi connectivity index (χ3n) is 4.05. The molecule has 1 fully saturated rings. The number of benzene rings is 1. The zero-order valence-corrected chi connectivity index (χ0v) is 11.8. The maximum Gasteiger partial charge on any atom is 0.255 e. The van der Waals surface area contributed by atoms with Gasteiger partial charge >= 0.3 is 0 Å². The smallest absolute Gasteiger partial charge is 0.255 e. The summed E-state index contributed by atoms with van der Waals surface area (Å²) in [6.07, 6.45) is 3.23. The number of rotatable bonds is 5. The standard InChI is InChI=1S/C15H22N2O3/c1-20-14-7-12(16)5-6-13(14)15(19)17-8-10-3-2-4-11(10)9-18/h5-7,10-11,18H,2-4,8-9,16H2,1H3,(H,17,19). The summed E-state index contributed by atoms with van der Waals surface area (Å²) in [5.41, 5.74) is 6.72. The molecule has 0 spiro atoms. The molecule has 2 rings (SSSR count). The van der Waals surface area contributed by atoms with Crippen molar-refractivity contribution in [2.24, 2.45) is 11.8 Å². The first-order chi connectivity index (χ1) is 9.65. The van der Waals surface area contributed by atoms with E-state index in [0.717, 1.165) is 19.3 Å². The maximum atomic E-state index is 12.2. The lowest BCUT2D eigenvalue weighted by molar-refractivity contribution is 0.0935. The minimum atomic E-state index is -0.162. The van der Waals surface area contributed by atoms with E-state index in [4.69, 9.17) is 10.5 Å². The summed E-state index contributed by atoms with van der Waals surface area (Å²) < 4.78 is 5.18. The fourth-order valence-electron chi connectivity index (χ4n) is 2.84. The predicted molar refractivity (Wildman–Crippen MR) is 77.7 cm³/mol. The van der Waals surface area contributed by atoms with Gasteiger partial charge in [0.05, 0.1) is 12.7 Å². The average Bonchev–Trinajstić information content (AvgIpc) is 2.92. The summed E-state index contributed by atoms with van der Waals surface area (Å²) in [5, 5.41) is 12.2. The Labute approximate surface area is 119 Å². The summed E-state index contributed by atoms with van der Waals surface area (Å²) in [5.74, 6) is 0.991. The molecular weight excluding hydrogens is 256 g/mol. The Morgan fingerprint density at radius 3 is 2.90 bits per heavy atom. The summed E-state index contributed by atoms with van der Waals surface area (Å²) in [7, 11) is 1.52. The number of methoxy groups -OCH3 is 1. The van der Waals surface area contributed by atoms with Crippen molar-refractivity contribution < 1.29 is 14.6 Å².